The first-order valence-corrected chi connectivity index (χ1v) is 6.76. The first kappa shape index (κ1) is 12.4. The predicted octanol–water partition coefficient (Wildman–Crippen LogP) is 1.11. The highest BCUT2D eigenvalue weighted by Gasteiger charge is 2.21. The number of nitrogen functional groups attached to an aromatic ring is 1. The van der Waals surface area contributed by atoms with Crippen LogP contribution in [0.15, 0.2) is 35.4 Å². The minimum Gasteiger partial charge on any atom is -0.381 e. The number of nitrogens with zero attached hydrogens (tertiary/aromatic N) is 2. The minimum atomic E-state index is -3.70. The van der Waals surface area contributed by atoms with Crippen molar-refractivity contribution in [2.45, 2.75) is 11.8 Å². The van der Waals surface area contributed by atoms with Crippen LogP contribution >= 0.6 is 0 Å². The number of benzene rings is 1. The molecule has 1 aromatic carbocycles. The van der Waals surface area contributed by atoms with Crippen molar-refractivity contribution in [2.75, 3.05) is 10.5 Å². The Morgan fingerprint density at radius 2 is 2.00 bits per heavy atom. The average molecular weight is 266 g/mol. The van der Waals surface area contributed by atoms with Crippen molar-refractivity contribution in [3.8, 4) is 0 Å². The van der Waals surface area contributed by atoms with Gasteiger partial charge in [-0.3, -0.25) is 9.40 Å². The van der Waals surface area contributed by atoms with E-state index in [0.29, 0.717) is 5.69 Å². The van der Waals surface area contributed by atoms with Crippen LogP contribution in [0, 0.1) is 6.92 Å². The lowest BCUT2D eigenvalue weighted by Gasteiger charge is -2.09. The third-order valence-corrected chi connectivity index (χ3v) is 3.88. The van der Waals surface area contributed by atoms with Crippen LogP contribution in [0.5, 0.6) is 0 Å². The van der Waals surface area contributed by atoms with Gasteiger partial charge in [0.15, 0.2) is 5.82 Å². The standard InChI is InChI=1S/C11H14N4O2S/c1-8-5-3-4-6-9(8)14-18(16,17)10-7-15(2)13-11(10)12/h3-7,14H,1-2H3,(H2,12,13). The van der Waals surface area contributed by atoms with Crippen LogP contribution < -0.4 is 10.5 Å². The molecule has 0 atom stereocenters. The van der Waals surface area contributed by atoms with Crippen molar-refractivity contribution in [1.82, 2.24) is 9.78 Å². The molecule has 0 radical (unpaired) electrons. The normalized spacial score (nSPS) is 11.4. The second kappa shape index (κ2) is 4.34. The van der Waals surface area contributed by atoms with Gasteiger partial charge in [-0.25, -0.2) is 8.42 Å². The highest BCUT2D eigenvalue weighted by molar-refractivity contribution is 7.92. The molecule has 0 bridgehead atoms. The molecule has 18 heavy (non-hydrogen) atoms. The van der Waals surface area contributed by atoms with Gasteiger partial charge < -0.3 is 5.73 Å². The molecule has 0 spiro atoms. The number of anilines is 2. The van der Waals surface area contributed by atoms with Crippen molar-refractivity contribution in [3.05, 3.63) is 36.0 Å². The van der Waals surface area contributed by atoms with E-state index in [2.05, 4.69) is 9.82 Å². The van der Waals surface area contributed by atoms with Gasteiger partial charge in [0.05, 0.1) is 5.69 Å². The summed E-state index contributed by atoms with van der Waals surface area (Å²) in [4.78, 5) is -0.0201. The Labute approximate surface area is 105 Å². The molecule has 0 aliphatic rings. The van der Waals surface area contributed by atoms with Crippen molar-refractivity contribution < 1.29 is 8.42 Å². The molecule has 0 saturated heterocycles. The lowest BCUT2D eigenvalue weighted by molar-refractivity contribution is 0.601. The summed E-state index contributed by atoms with van der Waals surface area (Å²) in [7, 11) is -2.09. The summed E-state index contributed by atoms with van der Waals surface area (Å²) in [5, 5.41) is 3.82. The molecule has 0 unspecified atom stereocenters. The molecule has 96 valence electrons. The monoisotopic (exact) mass is 266 g/mol. The van der Waals surface area contributed by atoms with Gasteiger partial charge in [0.25, 0.3) is 10.0 Å². The maximum atomic E-state index is 12.1. The van der Waals surface area contributed by atoms with Gasteiger partial charge in [-0.05, 0) is 18.6 Å². The summed E-state index contributed by atoms with van der Waals surface area (Å²) < 4.78 is 28.1. The van der Waals surface area contributed by atoms with Crippen molar-refractivity contribution >= 4 is 21.5 Å². The van der Waals surface area contributed by atoms with Crippen molar-refractivity contribution in [3.63, 3.8) is 0 Å². The molecule has 2 aromatic rings. The smallest absolute Gasteiger partial charge is 0.267 e. The van der Waals surface area contributed by atoms with E-state index in [0.717, 1.165) is 5.56 Å². The molecule has 0 amide bonds. The van der Waals surface area contributed by atoms with E-state index in [1.807, 2.05) is 19.1 Å². The van der Waals surface area contributed by atoms with E-state index >= 15 is 0 Å². The van der Waals surface area contributed by atoms with Crippen LogP contribution in [0.2, 0.25) is 0 Å². The van der Waals surface area contributed by atoms with Crippen molar-refractivity contribution in [2.24, 2.45) is 7.05 Å². The molecule has 3 N–H and O–H groups in total. The van der Waals surface area contributed by atoms with Crippen LogP contribution in [-0.2, 0) is 17.1 Å². The van der Waals surface area contributed by atoms with Crippen LogP contribution in [0.4, 0.5) is 11.5 Å². The highest BCUT2D eigenvalue weighted by atomic mass is 32.2. The van der Waals surface area contributed by atoms with E-state index in [-0.39, 0.29) is 10.7 Å². The van der Waals surface area contributed by atoms with Gasteiger partial charge in [0.1, 0.15) is 4.90 Å². The molecular weight excluding hydrogens is 252 g/mol. The van der Waals surface area contributed by atoms with Crippen LogP contribution in [0.1, 0.15) is 5.56 Å². The number of para-hydroxylation sites is 1. The van der Waals surface area contributed by atoms with E-state index in [1.165, 1.54) is 10.9 Å². The van der Waals surface area contributed by atoms with Crippen molar-refractivity contribution in [1.29, 1.82) is 0 Å². The summed E-state index contributed by atoms with van der Waals surface area (Å²) in [5.74, 6) is -0.0152. The lowest BCUT2D eigenvalue weighted by Crippen LogP contribution is -2.14. The number of nitrogens with one attached hydrogen (secondary N) is 1. The summed E-state index contributed by atoms with van der Waals surface area (Å²) in [6.45, 7) is 1.82. The van der Waals surface area contributed by atoms with Gasteiger partial charge in [-0.1, -0.05) is 18.2 Å². The quantitative estimate of drug-likeness (QED) is 0.870. The number of hydrogen-bond donors (Lipinski definition) is 2. The lowest BCUT2D eigenvalue weighted by atomic mass is 10.2. The minimum absolute atomic E-state index is 0.0152. The first-order chi connectivity index (χ1) is 8.40. The predicted molar refractivity (Wildman–Crippen MR) is 69.6 cm³/mol. The highest BCUT2D eigenvalue weighted by Crippen LogP contribution is 2.21. The molecule has 1 heterocycles. The molecule has 0 aliphatic heterocycles. The Kier molecular flexibility index (Phi) is 3.00. The summed E-state index contributed by atoms with van der Waals surface area (Å²) in [6, 6.07) is 7.12. The molecule has 6 nitrogen and oxygen atoms in total. The Hall–Kier alpha value is -2.02. The molecule has 0 fully saturated rings. The Bertz CT molecular complexity index is 676. The topological polar surface area (TPSA) is 90.0 Å². The van der Waals surface area contributed by atoms with Gasteiger partial charge in [0.2, 0.25) is 0 Å². The largest absolute Gasteiger partial charge is 0.381 e. The summed E-state index contributed by atoms with van der Waals surface area (Å²) >= 11 is 0. The van der Waals surface area contributed by atoms with Gasteiger partial charge in [-0.15, -0.1) is 0 Å². The number of rotatable bonds is 3. The van der Waals surface area contributed by atoms with E-state index in [1.54, 1.807) is 19.2 Å². The number of aromatic nitrogens is 2. The maximum absolute atomic E-state index is 12.1. The van der Waals surface area contributed by atoms with Gasteiger partial charge >= 0.3 is 0 Å². The molecule has 0 aliphatic carbocycles. The Morgan fingerprint density at radius 1 is 1.33 bits per heavy atom. The second-order valence-electron chi connectivity index (χ2n) is 3.97. The van der Waals surface area contributed by atoms with Crippen LogP contribution in [-0.4, -0.2) is 18.2 Å². The average Bonchev–Trinajstić information content (AvgIpc) is 2.62. The van der Waals surface area contributed by atoms with Crippen LogP contribution in [0.3, 0.4) is 0 Å². The fourth-order valence-electron chi connectivity index (χ4n) is 1.58. The van der Waals surface area contributed by atoms with E-state index in [9.17, 15) is 8.42 Å². The Morgan fingerprint density at radius 3 is 2.56 bits per heavy atom. The maximum Gasteiger partial charge on any atom is 0.267 e. The molecule has 0 saturated carbocycles. The zero-order chi connectivity index (χ0) is 13.3. The van der Waals surface area contributed by atoms with Gasteiger partial charge in [0, 0.05) is 13.2 Å². The number of sulfonamides is 1. The third kappa shape index (κ3) is 2.30. The van der Waals surface area contributed by atoms with Gasteiger partial charge in [-0.2, -0.15) is 5.10 Å². The SMILES string of the molecule is Cc1ccccc1NS(=O)(=O)c1cn(C)nc1N. The first-order valence-electron chi connectivity index (χ1n) is 5.28. The summed E-state index contributed by atoms with van der Waals surface area (Å²) in [5.41, 5.74) is 6.93. The molecule has 1 aromatic heterocycles. The third-order valence-electron chi connectivity index (χ3n) is 2.50. The van der Waals surface area contributed by atoms with E-state index < -0.39 is 10.0 Å². The fourth-order valence-corrected chi connectivity index (χ4v) is 2.81. The Balaban J connectivity index is 2.40. The number of nitrogens with two attached hydrogens (primary N) is 1. The van der Waals surface area contributed by atoms with E-state index in [4.69, 9.17) is 5.73 Å². The second-order valence-corrected chi connectivity index (χ2v) is 5.62. The fraction of sp³-hybridized carbons (Fsp3) is 0.182. The number of aryl methyl sites for hydroxylation is 2. The zero-order valence-corrected chi connectivity index (χ0v) is 10.9. The number of hydrogen-bond acceptors (Lipinski definition) is 4. The molecule has 2 rings (SSSR count). The molecular formula is C11H14N4O2S. The molecule has 7 heteroatoms. The zero-order valence-electron chi connectivity index (χ0n) is 10.1. The summed E-state index contributed by atoms with van der Waals surface area (Å²) in [6.07, 6.45) is 1.37. The van der Waals surface area contributed by atoms with Crippen LogP contribution in [0.25, 0.3) is 0 Å².